The number of halogens is 1. The molecule has 3 aromatic rings. The van der Waals surface area contributed by atoms with Crippen molar-refractivity contribution in [3.8, 4) is 17.0 Å². The van der Waals surface area contributed by atoms with Crippen molar-refractivity contribution in [3.05, 3.63) is 71.7 Å². The third-order valence-electron chi connectivity index (χ3n) is 6.06. The summed E-state index contributed by atoms with van der Waals surface area (Å²) in [7, 11) is 1.66. The number of aromatic nitrogens is 2. The van der Waals surface area contributed by atoms with Crippen LogP contribution in [0.4, 0.5) is 4.39 Å². The maximum absolute atomic E-state index is 13.3. The lowest BCUT2D eigenvalue weighted by Gasteiger charge is -2.42. The molecule has 0 unspecified atom stereocenters. The van der Waals surface area contributed by atoms with Crippen LogP contribution in [0.1, 0.15) is 24.0 Å². The van der Waals surface area contributed by atoms with Gasteiger partial charge in [-0.3, -0.25) is 10.00 Å². The van der Waals surface area contributed by atoms with Crippen molar-refractivity contribution < 1.29 is 14.2 Å². The first-order valence-corrected chi connectivity index (χ1v) is 10.4. The summed E-state index contributed by atoms with van der Waals surface area (Å²) in [6.07, 6.45) is 4.62. The van der Waals surface area contributed by atoms with Gasteiger partial charge in [0, 0.05) is 29.6 Å². The van der Waals surface area contributed by atoms with E-state index in [4.69, 9.17) is 4.74 Å². The summed E-state index contributed by atoms with van der Waals surface area (Å²) in [5.74, 6) is 0.595. The Morgan fingerprint density at radius 1 is 1.17 bits per heavy atom. The van der Waals surface area contributed by atoms with Gasteiger partial charge in [0.2, 0.25) is 0 Å². The molecule has 6 heteroatoms. The molecule has 1 aliphatic heterocycles. The average Bonchev–Trinajstić information content (AvgIpc) is 3.24. The summed E-state index contributed by atoms with van der Waals surface area (Å²) in [6.45, 7) is 2.67. The molecule has 2 heterocycles. The molecule has 2 aromatic carbocycles. The number of hydrogen-bond donors (Lipinski definition) is 2. The van der Waals surface area contributed by atoms with Crippen LogP contribution in [0.25, 0.3) is 11.3 Å². The first-order valence-electron chi connectivity index (χ1n) is 10.4. The van der Waals surface area contributed by atoms with E-state index < -0.39 is 0 Å². The molecule has 0 aliphatic carbocycles. The van der Waals surface area contributed by atoms with E-state index in [0.717, 1.165) is 67.0 Å². The summed E-state index contributed by atoms with van der Waals surface area (Å²) >= 11 is 0. The van der Waals surface area contributed by atoms with E-state index in [-0.39, 0.29) is 17.8 Å². The van der Waals surface area contributed by atoms with Crippen molar-refractivity contribution >= 4 is 0 Å². The highest BCUT2D eigenvalue weighted by Crippen LogP contribution is 2.35. The Labute approximate surface area is 176 Å². The minimum Gasteiger partial charge on any atom is -0.497 e. The van der Waals surface area contributed by atoms with Crippen LogP contribution in [0.3, 0.4) is 0 Å². The first kappa shape index (κ1) is 20.6. The molecule has 0 saturated carbocycles. The molecule has 0 radical (unpaired) electrons. The minimum absolute atomic E-state index is 0.123. The van der Waals surface area contributed by atoms with Crippen LogP contribution in [0.15, 0.2) is 54.7 Å². The van der Waals surface area contributed by atoms with Crippen molar-refractivity contribution in [3.63, 3.8) is 0 Å². The van der Waals surface area contributed by atoms with Gasteiger partial charge in [-0.15, -0.1) is 0 Å². The number of aromatic amines is 1. The number of nitrogens with one attached hydrogen (secondary N) is 1. The maximum atomic E-state index is 13.3. The van der Waals surface area contributed by atoms with Gasteiger partial charge in [0.1, 0.15) is 11.6 Å². The topological polar surface area (TPSA) is 61.4 Å². The summed E-state index contributed by atoms with van der Waals surface area (Å²) < 4.78 is 18.5. The molecular weight excluding hydrogens is 381 g/mol. The van der Waals surface area contributed by atoms with Gasteiger partial charge in [-0.25, -0.2) is 4.39 Å². The van der Waals surface area contributed by atoms with Gasteiger partial charge in [-0.05, 0) is 67.8 Å². The van der Waals surface area contributed by atoms with Gasteiger partial charge in [-0.1, -0.05) is 12.1 Å². The average molecular weight is 410 g/mol. The van der Waals surface area contributed by atoms with Crippen molar-refractivity contribution in [2.45, 2.75) is 25.8 Å². The first-order chi connectivity index (χ1) is 14.6. The van der Waals surface area contributed by atoms with Crippen LogP contribution in [-0.2, 0) is 13.0 Å². The van der Waals surface area contributed by atoms with Gasteiger partial charge < -0.3 is 9.84 Å². The third-order valence-corrected chi connectivity index (χ3v) is 6.06. The molecule has 2 N–H and O–H groups in total. The fraction of sp³-hybridized carbons (Fsp3) is 0.375. The van der Waals surface area contributed by atoms with Crippen LogP contribution < -0.4 is 4.74 Å². The molecule has 30 heavy (non-hydrogen) atoms. The van der Waals surface area contributed by atoms with Crippen molar-refractivity contribution in [2.24, 2.45) is 5.41 Å². The molecule has 1 fully saturated rings. The standard InChI is InChI=1S/C24H28FN3O2/c1-30-22-9-5-19(6-10-22)23-20(14-26-27-23)15-28-12-2-11-24(16-28,17-29)13-18-3-7-21(25)8-4-18/h3-10,14,29H,2,11-13,15-17H2,1H3,(H,26,27)/t24-/m0/s1. The fourth-order valence-corrected chi connectivity index (χ4v) is 4.49. The number of benzene rings is 2. The predicted molar refractivity (Wildman–Crippen MR) is 115 cm³/mol. The van der Waals surface area contributed by atoms with Gasteiger partial charge in [0.05, 0.1) is 25.6 Å². The normalized spacial score (nSPS) is 19.7. The zero-order valence-electron chi connectivity index (χ0n) is 17.3. The molecule has 158 valence electrons. The lowest BCUT2D eigenvalue weighted by Crippen LogP contribution is -2.46. The molecular formula is C24H28FN3O2. The van der Waals surface area contributed by atoms with Gasteiger partial charge >= 0.3 is 0 Å². The Balaban J connectivity index is 1.48. The van der Waals surface area contributed by atoms with Crippen LogP contribution in [0.2, 0.25) is 0 Å². The molecule has 0 amide bonds. The van der Waals surface area contributed by atoms with Gasteiger partial charge in [0.25, 0.3) is 0 Å². The molecule has 1 atom stereocenters. The van der Waals surface area contributed by atoms with Crippen LogP contribution >= 0.6 is 0 Å². The number of methoxy groups -OCH3 is 1. The minimum atomic E-state index is -0.229. The molecule has 0 spiro atoms. The zero-order chi connectivity index (χ0) is 21.0. The number of hydrogen-bond acceptors (Lipinski definition) is 4. The van der Waals surface area contributed by atoms with E-state index in [1.54, 1.807) is 7.11 Å². The van der Waals surface area contributed by atoms with Gasteiger partial charge in [-0.2, -0.15) is 5.10 Å². The Hall–Kier alpha value is -2.70. The smallest absolute Gasteiger partial charge is 0.123 e. The number of nitrogens with zero attached hydrogens (tertiary/aromatic N) is 2. The molecule has 1 aromatic heterocycles. The largest absolute Gasteiger partial charge is 0.497 e. The van der Waals surface area contributed by atoms with E-state index in [0.29, 0.717) is 0 Å². The quantitative estimate of drug-likeness (QED) is 0.618. The Kier molecular flexibility index (Phi) is 6.16. The highest BCUT2D eigenvalue weighted by Gasteiger charge is 2.35. The van der Waals surface area contributed by atoms with Crippen molar-refractivity contribution in [1.82, 2.24) is 15.1 Å². The molecule has 5 nitrogen and oxygen atoms in total. The van der Waals surface area contributed by atoms with Crippen LogP contribution in [0.5, 0.6) is 5.75 Å². The molecule has 1 aliphatic rings. The number of rotatable bonds is 7. The molecule has 0 bridgehead atoms. The van der Waals surface area contributed by atoms with Gasteiger partial charge in [0.15, 0.2) is 0 Å². The van der Waals surface area contributed by atoms with Crippen LogP contribution in [-0.4, -0.2) is 47.0 Å². The second-order valence-corrected chi connectivity index (χ2v) is 8.27. The highest BCUT2D eigenvalue weighted by molar-refractivity contribution is 5.63. The lowest BCUT2D eigenvalue weighted by atomic mass is 9.75. The fourth-order valence-electron chi connectivity index (χ4n) is 4.49. The maximum Gasteiger partial charge on any atom is 0.123 e. The predicted octanol–water partition coefficient (Wildman–Crippen LogP) is 4.04. The van der Waals surface area contributed by atoms with E-state index >= 15 is 0 Å². The van der Waals surface area contributed by atoms with E-state index in [1.165, 1.54) is 12.1 Å². The second-order valence-electron chi connectivity index (χ2n) is 8.27. The Bertz CT molecular complexity index is 955. The lowest BCUT2D eigenvalue weighted by molar-refractivity contribution is 0.0289. The summed E-state index contributed by atoms with van der Waals surface area (Å²) in [6, 6.07) is 14.6. The highest BCUT2D eigenvalue weighted by atomic mass is 19.1. The monoisotopic (exact) mass is 409 g/mol. The van der Waals surface area contributed by atoms with Crippen molar-refractivity contribution in [1.29, 1.82) is 0 Å². The summed E-state index contributed by atoms with van der Waals surface area (Å²) in [4.78, 5) is 2.39. The second kappa shape index (κ2) is 8.98. The molecule has 1 saturated heterocycles. The van der Waals surface area contributed by atoms with E-state index in [1.807, 2.05) is 42.6 Å². The number of H-pyrrole nitrogens is 1. The molecule has 4 rings (SSSR count). The number of aliphatic hydroxyl groups excluding tert-OH is 1. The Morgan fingerprint density at radius 3 is 2.63 bits per heavy atom. The zero-order valence-corrected chi connectivity index (χ0v) is 17.3. The van der Waals surface area contributed by atoms with E-state index in [9.17, 15) is 9.50 Å². The summed E-state index contributed by atoms with van der Waals surface area (Å²) in [5, 5.41) is 17.7. The Morgan fingerprint density at radius 2 is 1.93 bits per heavy atom. The van der Waals surface area contributed by atoms with Crippen LogP contribution in [0, 0.1) is 11.2 Å². The number of aliphatic hydroxyl groups is 1. The summed E-state index contributed by atoms with van der Waals surface area (Å²) in [5.41, 5.74) is 4.07. The number of likely N-dealkylation sites (tertiary alicyclic amines) is 1. The number of ether oxygens (including phenoxy) is 1. The van der Waals surface area contributed by atoms with Crippen molar-refractivity contribution in [2.75, 3.05) is 26.8 Å². The SMILES string of the molecule is COc1ccc(-c2[nH]ncc2CN2CCC[C@](CO)(Cc3ccc(F)cc3)C2)cc1. The van der Waals surface area contributed by atoms with E-state index in [2.05, 4.69) is 15.1 Å². The number of piperidine rings is 1. The third kappa shape index (κ3) is 4.55.